The number of aromatic nitrogens is 2. The van der Waals surface area contributed by atoms with Crippen molar-refractivity contribution < 1.29 is 4.57 Å². The number of benzene rings is 14. The number of fused-ring (bicyclic) bond motifs is 9. The summed E-state index contributed by atoms with van der Waals surface area (Å²) in [5.41, 5.74) is 29.1. The molecule has 0 spiro atoms. The molecule has 0 aliphatic carbocycles. The number of imidazole rings is 1. The molecule has 1 N–H and O–H groups in total. The zero-order valence-corrected chi connectivity index (χ0v) is 55.0. The molecule has 0 saturated heterocycles. The Morgan fingerprint density at radius 2 is 0.705 bits per heavy atom. The van der Waals surface area contributed by atoms with Crippen molar-refractivity contribution in [3.05, 3.63) is 340 Å². The van der Waals surface area contributed by atoms with E-state index in [1.807, 2.05) is 0 Å². The zero-order chi connectivity index (χ0) is 62.5. The van der Waals surface area contributed by atoms with Gasteiger partial charge in [-0.15, -0.1) is 0 Å². The summed E-state index contributed by atoms with van der Waals surface area (Å²) in [5.74, 6) is 1.05. The van der Waals surface area contributed by atoms with E-state index in [1.165, 1.54) is 84.5 Å². The Balaban J connectivity index is 0.931. The third kappa shape index (κ3) is 9.13. The molecule has 4 aliphatic heterocycles. The van der Waals surface area contributed by atoms with Crippen LogP contribution in [0.3, 0.4) is 0 Å². The molecule has 0 amide bonds. The number of nitrogens with one attached hydrogen (secondary N) is 1. The van der Waals surface area contributed by atoms with Crippen molar-refractivity contribution in [2.45, 2.75) is 0 Å². The summed E-state index contributed by atoms with van der Waals surface area (Å²) >= 11 is -0.423. The molecule has 15 aromatic rings. The summed E-state index contributed by atoms with van der Waals surface area (Å²) in [7, 11) is 0. The predicted molar refractivity (Wildman–Crippen MR) is 402 cm³/mol. The monoisotopic (exact) mass is 1340 g/mol. The number of hydrogen-bond donors (Lipinski definition) is 1. The maximum atomic E-state index is 3.97. The van der Waals surface area contributed by atoms with Crippen molar-refractivity contribution >= 4 is 173 Å². The van der Waals surface area contributed by atoms with Crippen molar-refractivity contribution in [1.29, 1.82) is 0 Å². The fraction of sp³-hybridized carbons (Fsp3) is 0. The van der Waals surface area contributed by atoms with Crippen LogP contribution in [-0.2, 0) is 0 Å². The number of para-hydroxylation sites is 9. The number of aromatic amines is 1. The second-order valence-corrected chi connectivity index (χ2v) is 29.0. The van der Waals surface area contributed by atoms with Crippen molar-refractivity contribution in [1.82, 2.24) is 4.98 Å². The van der Waals surface area contributed by atoms with Gasteiger partial charge in [0.15, 0.2) is 0 Å². The molecule has 0 bridgehead atoms. The van der Waals surface area contributed by atoms with Gasteiger partial charge < -0.3 is 0 Å². The van der Waals surface area contributed by atoms with E-state index in [0.29, 0.717) is 0 Å². The number of anilines is 12. The van der Waals surface area contributed by atoms with Crippen molar-refractivity contribution in [3.8, 4) is 28.2 Å². The van der Waals surface area contributed by atoms with Crippen LogP contribution < -0.4 is 74.8 Å². The van der Waals surface area contributed by atoms with Crippen LogP contribution in [0.4, 0.5) is 68.2 Å². The van der Waals surface area contributed by atoms with E-state index in [0.717, 1.165) is 73.6 Å². The summed E-state index contributed by atoms with van der Waals surface area (Å²) in [6, 6.07) is 126. The summed E-state index contributed by atoms with van der Waals surface area (Å²) in [6.07, 6.45) is 0. The van der Waals surface area contributed by atoms with Gasteiger partial charge in [-0.2, -0.15) is 0 Å². The third-order valence-electron chi connectivity index (χ3n) is 19.3. The van der Waals surface area contributed by atoms with Crippen LogP contribution in [0.25, 0.3) is 39.2 Å². The van der Waals surface area contributed by atoms with Crippen LogP contribution in [0.5, 0.6) is 0 Å². The average molecular weight is 1340 g/mol. The van der Waals surface area contributed by atoms with Crippen LogP contribution in [0.15, 0.2) is 340 Å². The van der Waals surface area contributed by atoms with E-state index >= 15 is 0 Å². The van der Waals surface area contributed by atoms with E-state index in [1.54, 1.807) is 0 Å². The number of hydrogen-bond acceptors (Lipinski definition) is 4. The van der Waals surface area contributed by atoms with E-state index in [9.17, 15) is 0 Å². The quantitative estimate of drug-likeness (QED) is 0.103. The molecular weight excluding hydrogens is 1280 g/mol. The van der Waals surface area contributed by atoms with E-state index in [-0.39, 0.29) is 43.3 Å². The van der Waals surface area contributed by atoms with Crippen molar-refractivity contribution in [2.24, 2.45) is 0 Å². The van der Waals surface area contributed by atoms with Crippen molar-refractivity contribution in [3.63, 3.8) is 0 Å². The summed E-state index contributed by atoms with van der Waals surface area (Å²) < 4.78 is 8.12. The number of nitrogens with zero attached hydrogens (tertiary/aromatic N) is 5. The summed E-state index contributed by atoms with van der Waals surface area (Å²) in [4.78, 5) is 14.0. The fourth-order valence-electron chi connectivity index (χ4n) is 15.3. The van der Waals surface area contributed by atoms with Crippen LogP contribution >= 0.6 is 0 Å². The molecule has 0 fully saturated rings. The van der Waals surface area contributed by atoms with Crippen molar-refractivity contribution in [2.75, 3.05) is 19.6 Å². The first-order chi connectivity index (χ1) is 47.2. The van der Waals surface area contributed by atoms with E-state index in [4.69, 9.17) is 0 Å². The molecule has 10 heteroatoms. The molecule has 0 atom stereocenters. The molecule has 19 rings (SSSR count). The molecule has 5 heterocycles. The molecule has 1 aromatic heterocycles. The Labute approximate surface area is 566 Å². The van der Waals surface area contributed by atoms with Gasteiger partial charge in [0.1, 0.15) is 0 Å². The second kappa shape index (κ2) is 22.9. The predicted octanol–water partition coefficient (Wildman–Crippen LogP) is 13.3. The first-order valence-corrected chi connectivity index (χ1v) is 35.9. The Morgan fingerprint density at radius 3 is 1.15 bits per heavy atom. The van der Waals surface area contributed by atoms with Gasteiger partial charge in [0.25, 0.3) is 0 Å². The van der Waals surface area contributed by atoms with Gasteiger partial charge in [-0.1, -0.05) is 0 Å². The van der Waals surface area contributed by atoms with Crippen LogP contribution in [-0.4, -0.2) is 48.3 Å². The first-order valence-electron chi connectivity index (χ1n) is 32.5. The van der Waals surface area contributed by atoms with Gasteiger partial charge in [-0.3, -0.25) is 0 Å². The Hall–Kier alpha value is -11.1. The minimum absolute atomic E-state index is 0.0857. The van der Waals surface area contributed by atoms with E-state index in [2.05, 4.69) is 369 Å². The fourth-order valence-corrected chi connectivity index (χ4v) is 21.3. The molecule has 14 aromatic carbocycles. The molecule has 0 saturated carbocycles. The average Bonchev–Trinajstić information content (AvgIpc) is 0.936. The molecular formula is C85H57B2N6Se2+. The van der Waals surface area contributed by atoms with Gasteiger partial charge in [-0.25, -0.2) is 0 Å². The van der Waals surface area contributed by atoms with Gasteiger partial charge in [0, 0.05) is 0 Å². The normalized spacial score (nSPS) is 12.9. The zero-order valence-electron chi connectivity index (χ0n) is 51.5. The Morgan fingerprint density at radius 1 is 0.316 bits per heavy atom. The van der Waals surface area contributed by atoms with Gasteiger partial charge in [0.2, 0.25) is 0 Å². The molecule has 0 unspecified atom stereocenters. The molecule has 4 aliphatic rings. The maximum absolute atomic E-state index is 3.97. The summed E-state index contributed by atoms with van der Waals surface area (Å²) in [5, 5.41) is 0. The minimum atomic E-state index is -0.211. The van der Waals surface area contributed by atoms with Gasteiger partial charge in [-0.05, 0) is 0 Å². The van der Waals surface area contributed by atoms with Crippen LogP contribution in [0, 0.1) is 0 Å². The second-order valence-electron chi connectivity index (χ2n) is 24.6. The van der Waals surface area contributed by atoms with Gasteiger partial charge in [0.05, 0.1) is 0 Å². The summed E-state index contributed by atoms with van der Waals surface area (Å²) in [6.45, 7) is -0.171. The molecule has 444 valence electrons. The Bertz CT molecular complexity index is 5120. The standard InChI is InChI=1S/C85H56B2N6Se2/c1-9-29-57(30-10-1)85-88-72-50-49-58(51-75(72)93(85)65-43-23-8-24-44-65)80-83-70(86-68-45-25-27-47-73(68)91(63-39-19-6-20-40-63)76-52-66(54-78(94-83)81(76)86)89(59-31-11-2-12-32-59)60-33-13-3-14-34-60)56-71-84(80)95-79-55-67(90(61-35-15-4-16-36-61)62-37-17-5-18-38-62)53-77-82(79)87(71)69-46-26-28-48-74(69)92(77)64-41-21-7-22-42-64/h1-56H/p+1. The SMILES string of the molecule is c1ccc(-c2[nH]c3ccc(-c4c5c(cc6c4[Se]c4cc(N(c7ccccc7)c7ccccc7)cc7c4B6c4ccccc4N7c4ccccc4)B4c6ccccc6N(c6ccccc6)c6cc(N(c7ccccc7)c7ccccc7)cc(c64)[Se]5)cc3[n+]2-c2ccccc2)cc1. The topological polar surface area (TPSA) is 32.6 Å². The van der Waals surface area contributed by atoms with Gasteiger partial charge >= 0.3 is 570 Å². The van der Waals surface area contributed by atoms with Crippen LogP contribution in [0.2, 0.25) is 0 Å². The molecule has 95 heavy (non-hydrogen) atoms. The van der Waals surface area contributed by atoms with E-state index < -0.39 is 0 Å². The molecule has 6 nitrogen and oxygen atoms in total. The number of rotatable bonds is 11. The molecule has 0 radical (unpaired) electrons. The van der Waals surface area contributed by atoms with Crippen LogP contribution in [0.1, 0.15) is 0 Å². The number of H-pyrrole nitrogens is 1. The first kappa shape index (κ1) is 55.5. The third-order valence-corrected chi connectivity index (χ3v) is 24.3. The Kier molecular flexibility index (Phi) is 13.4.